The van der Waals surface area contributed by atoms with Gasteiger partial charge in [-0.05, 0) is 0 Å². The number of rotatable bonds is 6. The molecule has 2 heterocycles. The van der Waals surface area contributed by atoms with Crippen molar-refractivity contribution in [3.05, 3.63) is 24.3 Å². The second-order valence-electron chi connectivity index (χ2n) is 4.99. The molecule has 3 rings (SSSR count). The summed E-state index contributed by atoms with van der Waals surface area (Å²) in [4.78, 5) is 24.0. The van der Waals surface area contributed by atoms with Gasteiger partial charge in [0.2, 0.25) is 0 Å². The van der Waals surface area contributed by atoms with E-state index < -0.39 is 23.8 Å². The van der Waals surface area contributed by atoms with Crippen molar-refractivity contribution in [1.29, 1.82) is 0 Å². The molecular weight excluding hydrogens is 264 g/mol. The van der Waals surface area contributed by atoms with Gasteiger partial charge in [0.15, 0.2) is 0 Å². The summed E-state index contributed by atoms with van der Waals surface area (Å²) >= 11 is 0. The van der Waals surface area contributed by atoms with Crippen LogP contribution in [0.5, 0.6) is 0 Å². The maximum absolute atomic E-state index is 12.0. The highest BCUT2D eigenvalue weighted by molar-refractivity contribution is 5.85. The van der Waals surface area contributed by atoms with Crippen molar-refractivity contribution in [2.45, 2.75) is 12.2 Å². The fourth-order valence-electron chi connectivity index (χ4n) is 1.93. The number of hydrogen-bond acceptors (Lipinski definition) is 6. The first-order valence-corrected chi connectivity index (χ1v) is 6.65. The first-order valence-electron chi connectivity index (χ1n) is 6.65. The minimum atomic E-state index is -0.633. The largest absolute Gasteiger partial charge is 0.462 e. The van der Waals surface area contributed by atoms with E-state index in [1.54, 1.807) is 24.3 Å². The zero-order chi connectivity index (χ0) is 13.9. The molecule has 4 atom stereocenters. The zero-order valence-electron chi connectivity index (χ0n) is 10.9. The van der Waals surface area contributed by atoms with E-state index in [2.05, 4.69) is 0 Å². The van der Waals surface area contributed by atoms with Crippen molar-refractivity contribution in [2.24, 2.45) is 11.8 Å². The summed E-state index contributed by atoms with van der Waals surface area (Å²) in [6, 6.07) is 0. The van der Waals surface area contributed by atoms with Gasteiger partial charge in [-0.1, -0.05) is 24.3 Å². The second kappa shape index (κ2) is 5.76. The molecule has 0 radical (unpaired) electrons. The van der Waals surface area contributed by atoms with Crippen molar-refractivity contribution >= 4 is 11.9 Å². The molecule has 0 aromatic carbocycles. The van der Waals surface area contributed by atoms with E-state index in [4.69, 9.17) is 18.9 Å². The smallest absolute Gasteiger partial charge is 0.314 e. The summed E-state index contributed by atoms with van der Waals surface area (Å²) in [5.74, 6) is -2.12. The van der Waals surface area contributed by atoms with Crippen LogP contribution in [0.1, 0.15) is 0 Å². The normalized spacial score (nSPS) is 33.6. The number of carbonyl (C=O) groups is 2. The first kappa shape index (κ1) is 13.3. The molecule has 4 unspecified atom stereocenters. The molecule has 2 saturated heterocycles. The van der Waals surface area contributed by atoms with Gasteiger partial charge in [-0.3, -0.25) is 9.59 Å². The van der Waals surface area contributed by atoms with Gasteiger partial charge in [-0.25, -0.2) is 0 Å². The molecule has 0 N–H and O–H groups in total. The molecule has 0 aromatic heterocycles. The summed E-state index contributed by atoms with van der Waals surface area (Å²) in [5.41, 5.74) is 0. The molecule has 20 heavy (non-hydrogen) atoms. The highest BCUT2D eigenvalue weighted by Gasteiger charge is 2.36. The molecule has 0 saturated carbocycles. The maximum Gasteiger partial charge on any atom is 0.314 e. The predicted molar refractivity (Wildman–Crippen MR) is 66.7 cm³/mol. The number of allylic oxidation sites excluding steroid dienone is 2. The lowest BCUT2D eigenvalue weighted by Crippen LogP contribution is -2.32. The highest BCUT2D eigenvalue weighted by atomic mass is 16.6. The molecule has 0 aromatic rings. The minimum absolute atomic E-state index is 0.0134. The van der Waals surface area contributed by atoms with Crippen LogP contribution in [0.25, 0.3) is 0 Å². The first-order chi connectivity index (χ1) is 9.74. The van der Waals surface area contributed by atoms with Gasteiger partial charge in [0.05, 0.1) is 25.0 Å². The van der Waals surface area contributed by atoms with Crippen LogP contribution in [-0.4, -0.2) is 50.6 Å². The summed E-state index contributed by atoms with van der Waals surface area (Å²) in [5, 5.41) is 0. The number of epoxide rings is 2. The van der Waals surface area contributed by atoms with E-state index in [1.165, 1.54) is 0 Å². The van der Waals surface area contributed by atoms with Crippen molar-refractivity contribution in [1.82, 2.24) is 0 Å². The van der Waals surface area contributed by atoms with Crippen molar-refractivity contribution in [3.63, 3.8) is 0 Å². The van der Waals surface area contributed by atoms with Gasteiger partial charge in [0.25, 0.3) is 0 Å². The van der Waals surface area contributed by atoms with Crippen molar-refractivity contribution < 1.29 is 28.5 Å². The van der Waals surface area contributed by atoms with E-state index >= 15 is 0 Å². The Bertz CT molecular complexity index is 405. The molecule has 2 fully saturated rings. The minimum Gasteiger partial charge on any atom is -0.462 e. The van der Waals surface area contributed by atoms with Gasteiger partial charge in [0.1, 0.15) is 25.4 Å². The van der Waals surface area contributed by atoms with Crippen molar-refractivity contribution in [2.75, 3.05) is 26.4 Å². The summed E-state index contributed by atoms with van der Waals surface area (Å²) in [6.45, 7) is 1.73. The lowest BCUT2D eigenvalue weighted by atomic mass is 9.88. The molecule has 0 spiro atoms. The van der Waals surface area contributed by atoms with E-state index in [1.807, 2.05) is 0 Å². The van der Waals surface area contributed by atoms with E-state index in [-0.39, 0.29) is 25.4 Å². The quantitative estimate of drug-likeness (QED) is 0.512. The van der Waals surface area contributed by atoms with E-state index in [0.717, 1.165) is 0 Å². The Balaban J connectivity index is 1.54. The molecule has 3 aliphatic rings. The molecule has 108 valence electrons. The molecule has 6 heteroatoms. The van der Waals surface area contributed by atoms with Crippen LogP contribution >= 0.6 is 0 Å². The molecule has 0 bridgehead atoms. The molecule has 0 amide bonds. The van der Waals surface area contributed by atoms with Gasteiger partial charge in [-0.2, -0.15) is 0 Å². The fourth-order valence-corrected chi connectivity index (χ4v) is 1.93. The van der Waals surface area contributed by atoms with Crippen LogP contribution in [0.15, 0.2) is 24.3 Å². The highest BCUT2D eigenvalue weighted by Crippen LogP contribution is 2.24. The van der Waals surface area contributed by atoms with Crippen LogP contribution in [-0.2, 0) is 28.5 Å². The lowest BCUT2D eigenvalue weighted by molar-refractivity contribution is -0.157. The Labute approximate surface area is 116 Å². The zero-order valence-corrected chi connectivity index (χ0v) is 10.9. The maximum atomic E-state index is 12.0. The fraction of sp³-hybridized carbons (Fsp3) is 0.571. The topological polar surface area (TPSA) is 77.7 Å². The van der Waals surface area contributed by atoms with Gasteiger partial charge < -0.3 is 18.9 Å². The van der Waals surface area contributed by atoms with Crippen LogP contribution in [0, 0.1) is 11.8 Å². The molecular formula is C14H16O6. The van der Waals surface area contributed by atoms with Crippen LogP contribution in [0.2, 0.25) is 0 Å². The molecule has 1 aliphatic carbocycles. The molecule has 6 nitrogen and oxygen atoms in total. The van der Waals surface area contributed by atoms with Crippen molar-refractivity contribution in [3.8, 4) is 0 Å². The predicted octanol–water partition coefficient (Wildman–Crippen LogP) is 0.229. The van der Waals surface area contributed by atoms with Crippen LogP contribution in [0.3, 0.4) is 0 Å². The Kier molecular flexibility index (Phi) is 3.84. The second-order valence-corrected chi connectivity index (χ2v) is 4.99. The Hall–Kier alpha value is -1.66. The lowest BCUT2D eigenvalue weighted by Gasteiger charge is -2.21. The van der Waals surface area contributed by atoms with E-state index in [9.17, 15) is 9.59 Å². The number of esters is 2. The number of carbonyl (C=O) groups excluding carboxylic acids is 2. The average molecular weight is 280 g/mol. The number of ether oxygens (including phenoxy) is 4. The average Bonchev–Trinajstić information content (AvgIpc) is 3.36. The third kappa shape index (κ3) is 3.46. The van der Waals surface area contributed by atoms with Crippen LogP contribution < -0.4 is 0 Å². The standard InChI is InChI=1S/C14H16O6/c15-13(19-7-9-5-17-9)11-3-1-2-4-12(11)14(16)20-8-10-6-18-10/h1-4,9-12H,5-8H2. The van der Waals surface area contributed by atoms with Gasteiger partial charge in [-0.15, -0.1) is 0 Å². The van der Waals surface area contributed by atoms with Crippen LogP contribution in [0.4, 0.5) is 0 Å². The third-order valence-corrected chi connectivity index (χ3v) is 3.31. The third-order valence-electron chi connectivity index (χ3n) is 3.31. The van der Waals surface area contributed by atoms with Gasteiger partial charge >= 0.3 is 11.9 Å². The number of hydrogen-bond donors (Lipinski definition) is 0. The Morgan fingerprint density at radius 1 is 0.900 bits per heavy atom. The summed E-state index contributed by atoms with van der Waals surface area (Å²) < 4.78 is 20.2. The Morgan fingerprint density at radius 2 is 1.30 bits per heavy atom. The summed E-state index contributed by atoms with van der Waals surface area (Å²) in [7, 11) is 0. The van der Waals surface area contributed by atoms with E-state index in [0.29, 0.717) is 13.2 Å². The monoisotopic (exact) mass is 280 g/mol. The molecule has 2 aliphatic heterocycles. The SMILES string of the molecule is O=C(OCC1CO1)C1C=CC=CC1C(=O)OCC1CO1. The summed E-state index contributed by atoms with van der Waals surface area (Å²) in [6.07, 6.45) is 6.81. The Morgan fingerprint density at radius 3 is 1.65 bits per heavy atom. The van der Waals surface area contributed by atoms with Gasteiger partial charge in [0, 0.05) is 0 Å².